The highest BCUT2D eigenvalue weighted by Crippen LogP contribution is 2.26. The fourth-order valence-electron chi connectivity index (χ4n) is 1.81. The molecular formula is C12H16N2O. The number of nitrogens with one attached hydrogen (secondary N) is 1. The molecule has 0 bridgehead atoms. The lowest BCUT2D eigenvalue weighted by Crippen LogP contribution is -2.33. The Hall–Kier alpha value is -1.32. The van der Waals surface area contributed by atoms with Crippen LogP contribution in [0.2, 0.25) is 0 Å². The fourth-order valence-corrected chi connectivity index (χ4v) is 1.81. The predicted octanol–water partition coefficient (Wildman–Crippen LogP) is 1.72. The third-order valence-corrected chi connectivity index (χ3v) is 3.01. The smallest absolute Gasteiger partial charge is 0.102 e. The summed E-state index contributed by atoms with van der Waals surface area (Å²) in [5, 5.41) is 11.4. The lowest BCUT2D eigenvalue weighted by molar-refractivity contribution is 0.0420. The number of aromatic amines is 1. The highest BCUT2D eigenvalue weighted by molar-refractivity contribution is 5.80. The first kappa shape index (κ1) is 10.2. The van der Waals surface area contributed by atoms with Crippen molar-refractivity contribution in [3.8, 4) is 0 Å². The summed E-state index contributed by atoms with van der Waals surface area (Å²) in [7, 11) is 0. The molecule has 1 atom stereocenters. The van der Waals surface area contributed by atoms with Gasteiger partial charge in [-0.2, -0.15) is 0 Å². The van der Waals surface area contributed by atoms with Gasteiger partial charge in [0, 0.05) is 18.3 Å². The second-order valence-corrected chi connectivity index (χ2v) is 3.87. The minimum atomic E-state index is -0.897. The van der Waals surface area contributed by atoms with E-state index in [1.54, 1.807) is 0 Å². The molecule has 0 saturated carbocycles. The van der Waals surface area contributed by atoms with E-state index in [0.717, 1.165) is 16.5 Å². The molecule has 1 unspecified atom stereocenters. The SMILES string of the molecule is CCC(O)(CN)c1ccc2[nH]ccc2c1. The van der Waals surface area contributed by atoms with E-state index in [1.807, 2.05) is 37.4 Å². The number of hydrogen-bond donors (Lipinski definition) is 3. The first-order valence-corrected chi connectivity index (χ1v) is 5.19. The van der Waals surface area contributed by atoms with Crippen LogP contribution >= 0.6 is 0 Å². The van der Waals surface area contributed by atoms with Gasteiger partial charge in [-0.3, -0.25) is 0 Å². The molecule has 4 N–H and O–H groups in total. The molecule has 0 radical (unpaired) electrons. The molecule has 0 saturated heterocycles. The quantitative estimate of drug-likeness (QED) is 0.713. The van der Waals surface area contributed by atoms with Crippen LogP contribution in [0, 0.1) is 0 Å². The molecule has 1 aromatic heterocycles. The van der Waals surface area contributed by atoms with Crippen molar-refractivity contribution in [2.24, 2.45) is 5.73 Å². The molecule has 0 aliphatic heterocycles. The van der Waals surface area contributed by atoms with E-state index in [2.05, 4.69) is 4.98 Å². The van der Waals surface area contributed by atoms with Gasteiger partial charge >= 0.3 is 0 Å². The maximum absolute atomic E-state index is 10.3. The van der Waals surface area contributed by atoms with Gasteiger partial charge in [0.1, 0.15) is 5.60 Å². The van der Waals surface area contributed by atoms with Crippen molar-refractivity contribution >= 4 is 10.9 Å². The maximum atomic E-state index is 10.3. The molecule has 0 aliphatic carbocycles. The van der Waals surface area contributed by atoms with Crippen LogP contribution in [0.3, 0.4) is 0 Å². The van der Waals surface area contributed by atoms with Gasteiger partial charge in [0.15, 0.2) is 0 Å². The number of rotatable bonds is 3. The zero-order chi connectivity index (χ0) is 10.9. The number of aromatic nitrogens is 1. The van der Waals surface area contributed by atoms with Gasteiger partial charge in [-0.25, -0.2) is 0 Å². The zero-order valence-electron chi connectivity index (χ0n) is 8.83. The number of hydrogen-bond acceptors (Lipinski definition) is 2. The van der Waals surface area contributed by atoms with Crippen LogP contribution in [-0.2, 0) is 5.60 Å². The Morgan fingerprint density at radius 2 is 2.20 bits per heavy atom. The molecule has 1 heterocycles. The third-order valence-electron chi connectivity index (χ3n) is 3.01. The average molecular weight is 204 g/mol. The minimum Gasteiger partial charge on any atom is -0.384 e. The van der Waals surface area contributed by atoms with Crippen LogP contribution in [0.4, 0.5) is 0 Å². The molecule has 2 rings (SSSR count). The Morgan fingerprint density at radius 3 is 2.87 bits per heavy atom. The molecular weight excluding hydrogens is 188 g/mol. The predicted molar refractivity (Wildman–Crippen MR) is 61.5 cm³/mol. The Bertz CT molecular complexity index is 457. The molecule has 1 aromatic carbocycles. The monoisotopic (exact) mass is 204 g/mol. The highest BCUT2D eigenvalue weighted by atomic mass is 16.3. The van der Waals surface area contributed by atoms with E-state index >= 15 is 0 Å². The van der Waals surface area contributed by atoms with Crippen molar-refractivity contribution in [1.82, 2.24) is 4.98 Å². The summed E-state index contributed by atoms with van der Waals surface area (Å²) < 4.78 is 0. The second kappa shape index (κ2) is 3.68. The summed E-state index contributed by atoms with van der Waals surface area (Å²) >= 11 is 0. The van der Waals surface area contributed by atoms with Gasteiger partial charge in [-0.05, 0) is 35.6 Å². The van der Waals surface area contributed by atoms with E-state index < -0.39 is 5.60 Å². The maximum Gasteiger partial charge on any atom is 0.102 e. The molecule has 2 aromatic rings. The van der Waals surface area contributed by atoms with Crippen LogP contribution in [-0.4, -0.2) is 16.6 Å². The van der Waals surface area contributed by atoms with Gasteiger partial charge in [-0.15, -0.1) is 0 Å². The summed E-state index contributed by atoms with van der Waals surface area (Å²) in [6, 6.07) is 7.88. The summed E-state index contributed by atoms with van der Waals surface area (Å²) in [4.78, 5) is 3.12. The molecule has 0 fully saturated rings. The molecule has 0 spiro atoms. The van der Waals surface area contributed by atoms with E-state index in [-0.39, 0.29) is 6.54 Å². The van der Waals surface area contributed by atoms with Crippen molar-refractivity contribution < 1.29 is 5.11 Å². The van der Waals surface area contributed by atoms with Crippen LogP contribution < -0.4 is 5.73 Å². The topological polar surface area (TPSA) is 62.0 Å². The molecule has 80 valence electrons. The van der Waals surface area contributed by atoms with Gasteiger partial charge in [0.05, 0.1) is 0 Å². The van der Waals surface area contributed by atoms with Crippen LogP contribution in [0.15, 0.2) is 30.5 Å². The fraction of sp³-hybridized carbons (Fsp3) is 0.333. The van der Waals surface area contributed by atoms with E-state index in [9.17, 15) is 5.11 Å². The Balaban J connectivity index is 2.51. The lowest BCUT2D eigenvalue weighted by Gasteiger charge is -2.25. The lowest BCUT2D eigenvalue weighted by atomic mass is 9.90. The van der Waals surface area contributed by atoms with Crippen LogP contribution in [0.25, 0.3) is 10.9 Å². The van der Waals surface area contributed by atoms with E-state index in [0.29, 0.717) is 6.42 Å². The average Bonchev–Trinajstić information content (AvgIpc) is 2.74. The Morgan fingerprint density at radius 1 is 1.40 bits per heavy atom. The minimum absolute atomic E-state index is 0.249. The molecule has 0 aliphatic rings. The highest BCUT2D eigenvalue weighted by Gasteiger charge is 2.25. The molecule has 0 amide bonds. The summed E-state index contributed by atoms with van der Waals surface area (Å²) in [5.41, 5.74) is 6.68. The normalized spacial score (nSPS) is 15.4. The summed E-state index contributed by atoms with van der Waals surface area (Å²) in [5.74, 6) is 0. The van der Waals surface area contributed by atoms with Gasteiger partial charge in [0.25, 0.3) is 0 Å². The van der Waals surface area contributed by atoms with E-state index in [1.165, 1.54) is 0 Å². The zero-order valence-corrected chi connectivity index (χ0v) is 8.83. The summed E-state index contributed by atoms with van der Waals surface area (Å²) in [6.45, 7) is 2.19. The number of aliphatic hydroxyl groups is 1. The molecule has 3 nitrogen and oxygen atoms in total. The Labute approximate surface area is 88.9 Å². The molecule has 15 heavy (non-hydrogen) atoms. The van der Waals surface area contributed by atoms with E-state index in [4.69, 9.17) is 5.73 Å². The van der Waals surface area contributed by atoms with Gasteiger partial charge in [-0.1, -0.05) is 13.0 Å². The number of nitrogens with two attached hydrogens (primary N) is 1. The Kier molecular flexibility index (Phi) is 2.50. The molecule has 3 heteroatoms. The standard InChI is InChI=1S/C12H16N2O/c1-2-12(15,8-13)10-3-4-11-9(7-10)5-6-14-11/h3-7,14-15H,2,8,13H2,1H3. The van der Waals surface area contributed by atoms with Crippen molar-refractivity contribution in [2.75, 3.05) is 6.54 Å². The van der Waals surface area contributed by atoms with Crippen LogP contribution in [0.5, 0.6) is 0 Å². The summed E-state index contributed by atoms with van der Waals surface area (Å²) in [6.07, 6.45) is 2.52. The third kappa shape index (κ3) is 1.64. The van der Waals surface area contributed by atoms with Crippen molar-refractivity contribution in [3.05, 3.63) is 36.0 Å². The number of H-pyrrole nitrogens is 1. The van der Waals surface area contributed by atoms with Crippen molar-refractivity contribution in [1.29, 1.82) is 0 Å². The largest absolute Gasteiger partial charge is 0.384 e. The van der Waals surface area contributed by atoms with Crippen LogP contribution in [0.1, 0.15) is 18.9 Å². The first-order valence-electron chi connectivity index (χ1n) is 5.19. The second-order valence-electron chi connectivity index (χ2n) is 3.87. The number of benzene rings is 1. The van der Waals surface area contributed by atoms with Crippen molar-refractivity contribution in [3.63, 3.8) is 0 Å². The first-order chi connectivity index (χ1) is 7.19. The number of fused-ring (bicyclic) bond motifs is 1. The van der Waals surface area contributed by atoms with Gasteiger partial charge < -0.3 is 15.8 Å². The van der Waals surface area contributed by atoms with Crippen molar-refractivity contribution in [2.45, 2.75) is 18.9 Å². The van der Waals surface area contributed by atoms with Gasteiger partial charge in [0.2, 0.25) is 0 Å².